The number of aromatic nitrogens is 2. The lowest BCUT2D eigenvalue weighted by Crippen LogP contribution is -2.20. The summed E-state index contributed by atoms with van der Waals surface area (Å²) in [5.41, 5.74) is 4.46. The summed E-state index contributed by atoms with van der Waals surface area (Å²) in [6.07, 6.45) is 11.9. The molecule has 2 aromatic rings. The van der Waals surface area contributed by atoms with Gasteiger partial charge in [-0.3, -0.25) is 9.78 Å². The molecule has 0 saturated carbocycles. The zero-order chi connectivity index (χ0) is 15.6. The lowest BCUT2D eigenvalue weighted by atomic mass is 10.2. The van der Waals surface area contributed by atoms with Crippen LogP contribution >= 0.6 is 0 Å². The molecule has 0 aliphatic heterocycles. The first-order chi connectivity index (χ1) is 10.8. The van der Waals surface area contributed by atoms with E-state index in [-0.39, 0.29) is 11.6 Å². The van der Waals surface area contributed by atoms with E-state index in [2.05, 4.69) is 20.5 Å². The molecule has 1 aromatic carbocycles. The summed E-state index contributed by atoms with van der Waals surface area (Å²) < 4.78 is 0. The van der Waals surface area contributed by atoms with Gasteiger partial charge in [0.1, 0.15) is 5.69 Å². The number of allylic oxidation sites excluding steroid dienone is 3. The van der Waals surface area contributed by atoms with Gasteiger partial charge in [-0.25, -0.2) is 10.4 Å². The van der Waals surface area contributed by atoms with Crippen molar-refractivity contribution in [2.75, 3.05) is 0 Å². The van der Waals surface area contributed by atoms with Crippen LogP contribution in [0.1, 0.15) is 23.0 Å². The lowest BCUT2D eigenvalue weighted by molar-refractivity contribution is 0.0949. The van der Waals surface area contributed by atoms with Gasteiger partial charge in [-0.1, -0.05) is 48.6 Å². The SMILES string of the molecule is CC(/C=C/C=C/c1ccccc1)=N/NC(=O)c1cnccn1. The number of nitrogens with zero attached hydrogens (tertiary/aromatic N) is 3. The lowest BCUT2D eigenvalue weighted by Gasteiger charge is -1.98. The summed E-state index contributed by atoms with van der Waals surface area (Å²) >= 11 is 0. The molecule has 0 aliphatic rings. The van der Waals surface area contributed by atoms with Gasteiger partial charge in [-0.2, -0.15) is 5.10 Å². The third-order valence-corrected chi connectivity index (χ3v) is 2.67. The minimum atomic E-state index is -0.388. The van der Waals surface area contributed by atoms with Gasteiger partial charge in [0.2, 0.25) is 0 Å². The van der Waals surface area contributed by atoms with Crippen molar-refractivity contribution >= 4 is 17.7 Å². The Morgan fingerprint density at radius 3 is 2.73 bits per heavy atom. The Kier molecular flexibility index (Phi) is 5.75. The molecule has 5 nitrogen and oxygen atoms in total. The maximum absolute atomic E-state index is 11.7. The van der Waals surface area contributed by atoms with Crippen LogP contribution in [0.2, 0.25) is 0 Å². The van der Waals surface area contributed by atoms with E-state index in [4.69, 9.17) is 0 Å². The number of hydrogen-bond donors (Lipinski definition) is 1. The summed E-state index contributed by atoms with van der Waals surface area (Å²) in [5.74, 6) is -0.388. The van der Waals surface area contributed by atoms with Crippen LogP contribution in [0.15, 0.2) is 72.3 Å². The molecular formula is C17H16N4O. The zero-order valence-electron chi connectivity index (χ0n) is 12.2. The molecule has 0 aliphatic carbocycles. The molecule has 0 bridgehead atoms. The first kappa shape index (κ1) is 15.3. The smallest absolute Gasteiger partial charge is 0.265 e. The number of hydrazone groups is 1. The summed E-state index contributed by atoms with van der Waals surface area (Å²) in [6.45, 7) is 1.80. The van der Waals surface area contributed by atoms with Gasteiger partial charge < -0.3 is 0 Å². The molecule has 0 saturated heterocycles. The van der Waals surface area contributed by atoms with E-state index in [0.29, 0.717) is 5.71 Å². The van der Waals surface area contributed by atoms with Crippen molar-refractivity contribution < 1.29 is 4.79 Å². The average molecular weight is 292 g/mol. The maximum atomic E-state index is 11.7. The predicted octanol–water partition coefficient (Wildman–Crippen LogP) is 2.85. The van der Waals surface area contributed by atoms with E-state index in [1.807, 2.05) is 48.6 Å². The molecule has 1 heterocycles. The third-order valence-electron chi connectivity index (χ3n) is 2.67. The Labute approximate surface area is 129 Å². The highest BCUT2D eigenvalue weighted by molar-refractivity contribution is 5.96. The molecule has 0 unspecified atom stereocenters. The van der Waals surface area contributed by atoms with Gasteiger partial charge in [0.15, 0.2) is 0 Å². The largest absolute Gasteiger partial charge is 0.291 e. The van der Waals surface area contributed by atoms with Crippen molar-refractivity contribution in [2.24, 2.45) is 5.10 Å². The van der Waals surface area contributed by atoms with E-state index in [1.165, 1.54) is 18.6 Å². The fourth-order valence-corrected chi connectivity index (χ4v) is 1.58. The minimum Gasteiger partial charge on any atom is -0.265 e. The number of carbonyl (C=O) groups excluding carboxylic acids is 1. The standard InChI is InChI=1S/C17H16N4O/c1-14(7-5-6-10-15-8-3-2-4-9-15)20-21-17(22)16-13-18-11-12-19-16/h2-13H,1H3,(H,21,22)/b7-5+,10-6+,20-14-. The summed E-state index contributed by atoms with van der Waals surface area (Å²) in [6, 6.07) is 9.98. The Morgan fingerprint density at radius 2 is 2.00 bits per heavy atom. The van der Waals surface area contributed by atoms with Crippen LogP contribution in [0.4, 0.5) is 0 Å². The van der Waals surface area contributed by atoms with Gasteiger partial charge in [0.25, 0.3) is 5.91 Å². The molecule has 0 spiro atoms. The van der Waals surface area contributed by atoms with E-state index in [0.717, 1.165) is 5.56 Å². The molecule has 1 N–H and O–H groups in total. The summed E-state index contributed by atoms with van der Waals surface area (Å²) in [5, 5.41) is 3.97. The highest BCUT2D eigenvalue weighted by Crippen LogP contribution is 2.00. The Morgan fingerprint density at radius 1 is 1.18 bits per heavy atom. The van der Waals surface area contributed by atoms with Gasteiger partial charge in [0.05, 0.1) is 11.9 Å². The van der Waals surface area contributed by atoms with E-state index in [9.17, 15) is 4.79 Å². The number of hydrogen-bond acceptors (Lipinski definition) is 4. The van der Waals surface area contributed by atoms with Crippen molar-refractivity contribution in [3.05, 3.63) is 78.4 Å². The number of carbonyl (C=O) groups is 1. The van der Waals surface area contributed by atoms with Gasteiger partial charge in [-0.05, 0) is 18.6 Å². The van der Waals surface area contributed by atoms with Crippen molar-refractivity contribution in [3.63, 3.8) is 0 Å². The first-order valence-corrected chi connectivity index (χ1v) is 6.76. The minimum absolute atomic E-state index is 0.229. The monoisotopic (exact) mass is 292 g/mol. The first-order valence-electron chi connectivity index (χ1n) is 6.76. The molecule has 0 atom stereocenters. The van der Waals surface area contributed by atoms with Crippen molar-refractivity contribution in [3.8, 4) is 0 Å². The molecule has 22 heavy (non-hydrogen) atoms. The second kappa shape index (κ2) is 8.26. The van der Waals surface area contributed by atoms with Crippen molar-refractivity contribution in [1.82, 2.24) is 15.4 Å². The third kappa shape index (κ3) is 5.13. The average Bonchev–Trinajstić information content (AvgIpc) is 2.58. The van der Waals surface area contributed by atoms with Crippen molar-refractivity contribution in [2.45, 2.75) is 6.92 Å². The predicted molar refractivity (Wildman–Crippen MR) is 87.2 cm³/mol. The van der Waals surface area contributed by atoms with E-state index < -0.39 is 0 Å². The highest BCUT2D eigenvalue weighted by atomic mass is 16.2. The quantitative estimate of drug-likeness (QED) is 0.523. The molecule has 1 aromatic heterocycles. The van der Waals surface area contributed by atoms with Gasteiger partial charge >= 0.3 is 0 Å². The molecular weight excluding hydrogens is 276 g/mol. The number of nitrogens with one attached hydrogen (secondary N) is 1. The van der Waals surface area contributed by atoms with E-state index >= 15 is 0 Å². The van der Waals surface area contributed by atoms with Crippen LogP contribution in [0.3, 0.4) is 0 Å². The Bertz CT molecular complexity index is 691. The number of rotatable bonds is 5. The zero-order valence-corrected chi connectivity index (χ0v) is 12.2. The van der Waals surface area contributed by atoms with E-state index in [1.54, 1.807) is 13.0 Å². The number of amides is 1. The molecule has 5 heteroatoms. The maximum Gasteiger partial charge on any atom is 0.291 e. The molecule has 110 valence electrons. The fraction of sp³-hybridized carbons (Fsp3) is 0.0588. The second-order valence-electron chi connectivity index (χ2n) is 4.41. The normalized spacial score (nSPS) is 12.0. The van der Waals surface area contributed by atoms with Crippen LogP contribution in [0, 0.1) is 0 Å². The summed E-state index contributed by atoms with van der Waals surface area (Å²) in [7, 11) is 0. The second-order valence-corrected chi connectivity index (χ2v) is 4.41. The molecule has 0 radical (unpaired) electrons. The topological polar surface area (TPSA) is 67.2 Å². The van der Waals surface area contributed by atoms with Crippen LogP contribution in [0.25, 0.3) is 6.08 Å². The van der Waals surface area contributed by atoms with Crippen LogP contribution in [-0.2, 0) is 0 Å². The Hall–Kier alpha value is -3.08. The molecule has 0 fully saturated rings. The highest BCUT2D eigenvalue weighted by Gasteiger charge is 2.04. The van der Waals surface area contributed by atoms with Crippen LogP contribution in [0.5, 0.6) is 0 Å². The summed E-state index contributed by atoms with van der Waals surface area (Å²) in [4.78, 5) is 19.4. The van der Waals surface area contributed by atoms with Crippen molar-refractivity contribution in [1.29, 1.82) is 0 Å². The van der Waals surface area contributed by atoms with Gasteiger partial charge in [0, 0.05) is 12.4 Å². The molecule has 2 rings (SSSR count). The van der Waals surface area contributed by atoms with Gasteiger partial charge in [-0.15, -0.1) is 0 Å². The molecule has 1 amide bonds. The van der Waals surface area contributed by atoms with Crippen LogP contribution < -0.4 is 5.43 Å². The number of benzene rings is 1. The Balaban J connectivity index is 1.86. The van der Waals surface area contributed by atoms with Crippen LogP contribution in [-0.4, -0.2) is 21.6 Å². The fourth-order valence-electron chi connectivity index (χ4n) is 1.58.